The zero-order valence-electron chi connectivity index (χ0n) is 11.2. The van der Waals surface area contributed by atoms with Gasteiger partial charge >= 0.3 is 0 Å². The molecule has 0 amide bonds. The van der Waals surface area contributed by atoms with E-state index in [0.717, 1.165) is 24.0 Å². The van der Waals surface area contributed by atoms with E-state index in [9.17, 15) is 0 Å². The number of nitrogens with one attached hydrogen (secondary N) is 1. The van der Waals surface area contributed by atoms with Crippen molar-refractivity contribution in [2.45, 2.75) is 44.2 Å². The predicted molar refractivity (Wildman–Crippen MR) is 76.3 cm³/mol. The molecule has 0 aliphatic heterocycles. The molecule has 2 unspecified atom stereocenters. The monoisotopic (exact) mass is 267 g/mol. The summed E-state index contributed by atoms with van der Waals surface area (Å²) in [5.41, 5.74) is 1.31. The van der Waals surface area contributed by atoms with E-state index in [4.69, 9.17) is 16.3 Å². The molecule has 0 heterocycles. The number of halogens is 1. The molecule has 1 aromatic rings. The zero-order valence-corrected chi connectivity index (χ0v) is 11.9. The maximum atomic E-state index is 6.08. The molecule has 0 spiro atoms. The van der Waals surface area contributed by atoms with E-state index in [0.29, 0.717) is 5.92 Å². The molecule has 0 aromatic heterocycles. The Hall–Kier alpha value is -0.570. The normalized spacial score (nSPS) is 18.6. The SMILES string of the molecule is COC(C)CC(CNC1CC1)c1cccc(Cl)c1. The topological polar surface area (TPSA) is 21.3 Å². The lowest BCUT2D eigenvalue weighted by molar-refractivity contribution is 0.104. The Morgan fingerprint density at radius 1 is 1.44 bits per heavy atom. The molecule has 2 nitrogen and oxygen atoms in total. The highest BCUT2D eigenvalue weighted by Crippen LogP contribution is 2.26. The van der Waals surface area contributed by atoms with Gasteiger partial charge in [-0.2, -0.15) is 0 Å². The van der Waals surface area contributed by atoms with E-state index in [-0.39, 0.29) is 6.10 Å². The molecule has 1 fully saturated rings. The Kier molecular flexibility index (Phi) is 5.04. The largest absolute Gasteiger partial charge is 0.382 e. The third kappa shape index (κ3) is 4.27. The summed E-state index contributed by atoms with van der Waals surface area (Å²) in [5.74, 6) is 0.472. The first-order valence-corrected chi connectivity index (χ1v) is 7.08. The van der Waals surface area contributed by atoms with E-state index >= 15 is 0 Å². The number of benzene rings is 1. The van der Waals surface area contributed by atoms with Crippen LogP contribution >= 0.6 is 11.6 Å². The summed E-state index contributed by atoms with van der Waals surface area (Å²) in [6, 6.07) is 8.93. The van der Waals surface area contributed by atoms with Gasteiger partial charge in [-0.3, -0.25) is 0 Å². The third-order valence-electron chi connectivity index (χ3n) is 3.57. The van der Waals surface area contributed by atoms with E-state index in [1.165, 1.54) is 18.4 Å². The first-order chi connectivity index (χ1) is 8.69. The fraction of sp³-hybridized carbons (Fsp3) is 0.600. The van der Waals surface area contributed by atoms with Crippen LogP contribution in [-0.4, -0.2) is 25.8 Å². The highest BCUT2D eigenvalue weighted by atomic mass is 35.5. The van der Waals surface area contributed by atoms with Gasteiger partial charge in [-0.1, -0.05) is 23.7 Å². The number of ether oxygens (including phenoxy) is 1. The van der Waals surface area contributed by atoms with Gasteiger partial charge < -0.3 is 10.1 Å². The van der Waals surface area contributed by atoms with E-state index < -0.39 is 0 Å². The quantitative estimate of drug-likeness (QED) is 0.815. The van der Waals surface area contributed by atoms with Crippen molar-refractivity contribution in [3.8, 4) is 0 Å². The lowest BCUT2D eigenvalue weighted by Crippen LogP contribution is -2.26. The molecule has 2 rings (SSSR count). The molecule has 0 bridgehead atoms. The molecule has 1 aliphatic rings. The lowest BCUT2D eigenvalue weighted by Gasteiger charge is -2.21. The second-order valence-corrected chi connectivity index (χ2v) is 5.65. The molecule has 0 radical (unpaired) electrons. The molecule has 100 valence electrons. The minimum Gasteiger partial charge on any atom is -0.382 e. The summed E-state index contributed by atoms with van der Waals surface area (Å²) in [6.45, 7) is 3.13. The second-order valence-electron chi connectivity index (χ2n) is 5.22. The fourth-order valence-electron chi connectivity index (χ4n) is 2.19. The van der Waals surface area contributed by atoms with Crippen LogP contribution in [0.1, 0.15) is 37.7 Å². The van der Waals surface area contributed by atoms with Crippen LogP contribution in [0.3, 0.4) is 0 Å². The Bertz CT molecular complexity index is 379. The minimum absolute atomic E-state index is 0.273. The van der Waals surface area contributed by atoms with Gasteiger partial charge in [0, 0.05) is 24.7 Å². The highest BCUT2D eigenvalue weighted by Gasteiger charge is 2.23. The molecular formula is C15H22ClNO. The van der Waals surface area contributed by atoms with Gasteiger partial charge in [-0.05, 0) is 49.8 Å². The van der Waals surface area contributed by atoms with Crippen molar-refractivity contribution in [1.29, 1.82) is 0 Å². The van der Waals surface area contributed by atoms with Gasteiger partial charge in [-0.25, -0.2) is 0 Å². The molecule has 1 saturated carbocycles. The van der Waals surface area contributed by atoms with Crippen LogP contribution in [0.5, 0.6) is 0 Å². The average molecular weight is 268 g/mol. The minimum atomic E-state index is 0.273. The first kappa shape index (κ1) is 13.9. The zero-order chi connectivity index (χ0) is 13.0. The number of rotatable bonds is 7. The molecule has 2 atom stereocenters. The molecule has 1 N–H and O–H groups in total. The van der Waals surface area contributed by atoms with Crippen molar-refractivity contribution < 1.29 is 4.74 Å². The third-order valence-corrected chi connectivity index (χ3v) is 3.80. The molecule has 0 saturated heterocycles. The van der Waals surface area contributed by atoms with Crippen molar-refractivity contribution in [3.63, 3.8) is 0 Å². The summed E-state index contributed by atoms with van der Waals surface area (Å²) in [4.78, 5) is 0. The van der Waals surface area contributed by atoms with Crippen LogP contribution in [0.2, 0.25) is 5.02 Å². The van der Waals surface area contributed by atoms with Crippen molar-refractivity contribution >= 4 is 11.6 Å². The fourth-order valence-corrected chi connectivity index (χ4v) is 2.39. The van der Waals surface area contributed by atoms with Crippen LogP contribution in [0.25, 0.3) is 0 Å². The van der Waals surface area contributed by atoms with Crippen LogP contribution in [0.4, 0.5) is 0 Å². The van der Waals surface area contributed by atoms with E-state index in [2.05, 4.69) is 24.4 Å². The van der Waals surface area contributed by atoms with E-state index in [1.807, 2.05) is 12.1 Å². The maximum Gasteiger partial charge on any atom is 0.0549 e. The molecule has 18 heavy (non-hydrogen) atoms. The van der Waals surface area contributed by atoms with Gasteiger partial charge in [0.2, 0.25) is 0 Å². The van der Waals surface area contributed by atoms with E-state index in [1.54, 1.807) is 7.11 Å². The highest BCUT2D eigenvalue weighted by molar-refractivity contribution is 6.30. The van der Waals surface area contributed by atoms with Crippen molar-refractivity contribution in [3.05, 3.63) is 34.9 Å². The van der Waals surface area contributed by atoms with Crippen molar-refractivity contribution in [1.82, 2.24) is 5.32 Å². The average Bonchev–Trinajstić information content (AvgIpc) is 3.18. The molecule has 1 aromatic carbocycles. The number of hydrogen-bond donors (Lipinski definition) is 1. The van der Waals surface area contributed by atoms with Crippen molar-refractivity contribution in [2.24, 2.45) is 0 Å². The molecule has 3 heteroatoms. The lowest BCUT2D eigenvalue weighted by atomic mass is 9.93. The summed E-state index contributed by atoms with van der Waals surface area (Å²) >= 11 is 6.08. The smallest absolute Gasteiger partial charge is 0.0549 e. The first-order valence-electron chi connectivity index (χ1n) is 6.70. The summed E-state index contributed by atoms with van der Waals surface area (Å²) in [7, 11) is 1.77. The number of hydrogen-bond acceptors (Lipinski definition) is 2. The standard InChI is InChI=1S/C15H22ClNO/c1-11(18-2)8-13(10-17-15-6-7-15)12-4-3-5-14(16)9-12/h3-5,9,11,13,15,17H,6-8,10H2,1-2H3. The Morgan fingerprint density at radius 2 is 2.22 bits per heavy atom. The summed E-state index contributed by atoms with van der Waals surface area (Å²) in [5, 5.41) is 4.42. The maximum absolute atomic E-state index is 6.08. The molecular weight excluding hydrogens is 246 g/mol. The Morgan fingerprint density at radius 3 is 2.83 bits per heavy atom. The number of methoxy groups -OCH3 is 1. The van der Waals surface area contributed by atoms with Crippen molar-refractivity contribution in [2.75, 3.05) is 13.7 Å². The van der Waals surface area contributed by atoms with Crippen LogP contribution < -0.4 is 5.32 Å². The summed E-state index contributed by atoms with van der Waals surface area (Å²) in [6.07, 6.45) is 3.94. The molecule has 1 aliphatic carbocycles. The predicted octanol–water partition coefficient (Wildman–Crippen LogP) is 3.60. The Labute approximate surface area is 115 Å². The van der Waals surface area contributed by atoms with Gasteiger partial charge in [0.15, 0.2) is 0 Å². The van der Waals surface area contributed by atoms with Gasteiger partial charge in [0.1, 0.15) is 0 Å². The van der Waals surface area contributed by atoms with Gasteiger partial charge in [0.25, 0.3) is 0 Å². The van der Waals surface area contributed by atoms with Gasteiger partial charge in [-0.15, -0.1) is 0 Å². The van der Waals surface area contributed by atoms with Crippen LogP contribution in [0.15, 0.2) is 24.3 Å². The summed E-state index contributed by atoms with van der Waals surface area (Å²) < 4.78 is 5.39. The Balaban J connectivity index is 2.01. The van der Waals surface area contributed by atoms with Gasteiger partial charge in [0.05, 0.1) is 6.10 Å². The van der Waals surface area contributed by atoms with Crippen LogP contribution in [0, 0.1) is 0 Å². The van der Waals surface area contributed by atoms with Crippen LogP contribution in [-0.2, 0) is 4.74 Å². The second kappa shape index (κ2) is 6.55.